The van der Waals surface area contributed by atoms with E-state index in [9.17, 15) is 0 Å². The van der Waals surface area contributed by atoms with Crippen LogP contribution in [0.2, 0.25) is 5.21 Å². The predicted octanol–water partition coefficient (Wildman–Crippen LogP) is 2.61. The van der Waals surface area contributed by atoms with Gasteiger partial charge >= 0.3 is 167 Å². The number of rotatable bonds is 6. The van der Waals surface area contributed by atoms with Crippen molar-refractivity contribution in [2.45, 2.75) is 28.2 Å². The number of aryl methyl sites for hydroxylation is 1. The van der Waals surface area contributed by atoms with Crippen LogP contribution in [0.5, 0.6) is 5.75 Å². The molecule has 1 unspecified atom stereocenters. The average molecular weight is 517 g/mol. The molecule has 1 aromatic carbocycles. The minimum atomic E-state index is 0.418. The molecule has 9 heteroatoms. The van der Waals surface area contributed by atoms with E-state index in [1.807, 2.05) is 18.2 Å². The van der Waals surface area contributed by atoms with E-state index in [0.29, 0.717) is 11.3 Å². The van der Waals surface area contributed by atoms with Crippen molar-refractivity contribution in [2.75, 3.05) is 12.8 Å². The number of nitrogens with zero attached hydrogens (tertiary/aromatic N) is 4. The number of hydrogen-bond donors (Lipinski definition) is 1. The molecule has 0 spiro atoms. The standard InChI is InChI=1S/C15H17AsIN5OS/c1-23-9-3-4-10(17)11(7-9)24-15-21-12-13(18)19-8-20-14(12)22(15)6-2-5-16/h3-4,7-8H,2,5-6,16H2,1H3,(H2,18,19,20). The molecule has 2 aromatic heterocycles. The normalized spacial score (nSPS) is 11.1. The van der Waals surface area contributed by atoms with Crippen molar-refractivity contribution in [1.82, 2.24) is 19.5 Å². The second-order valence-electron chi connectivity index (χ2n) is 5.02. The van der Waals surface area contributed by atoms with Crippen LogP contribution in [0.25, 0.3) is 11.2 Å². The number of methoxy groups -OCH3 is 1. The van der Waals surface area contributed by atoms with Crippen molar-refractivity contribution in [1.29, 1.82) is 0 Å². The van der Waals surface area contributed by atoms with Gasteiger partial charge in [-0.25, -0.2) is 0 Å². The van der Waals surface area contributed by atoms with Crippen LogP contribution in [0.4, 0.5) is 5.82 Å². The van der Waals surface area contributed by atoms with Crippen LogP contribution in [0.1, 0.15) is 6.42 Å². The first-order valence-corrected chi connectivity index (χ1v) is 10.9. The topological polar surface area (TPSA) is 78.8 Å². The van der Waals surface area contributed by atoms with Gasteiger partial charge in [0.05, 0.1) is 0 Å². The van der Waals surface area contributed by atoms with Crippen LogP contribution >= 0.6 is 34.4 Å². The predicted molar refractivity (Wildman–Crippen MR) is 108 cm³/mol. The number of hydrogen-bond acceptors (Lipinski definition) is 6. The summed E-state index contributed by atoms with van der Waals surface area (Å²) in [6.07, 6.45) is 2.58. The molecule has 0 aliphatic heterocycles. The third-order valence-electron chi connectivity index (χ3n) is 3.45. The number of fused-ring (bicyclic) bond motifs is 1. The van der Waals surface area contributed by atoms with Crippen molar-refractivity contribution in [3.63, 3.8) is 0 Å². The first-order chi connectivity index (χ1) is 11.6. The molecule has 0 bridgehead atoms. The number of benzene rings is 1. The Morgan fingerprint density at radius 1 is 1.38 bits per heavy atom. The summed E-state index contributed by atoms with van der Waals surface area (Å²) in [6, 6.07) is 6.02. The fourth-order valence-electron chi connectivity index (χ4n) is 2.25. The van der Waals surface area contributed by atoms with E-state index < -0.39 is 0 Å². The molecular weight excluding hydrogens is 500 g/mol. The number of anilines is 1. The molecule has 0 fully saturated rings. The number of nitrogen functional groups attached to an aromatic ring is 1. The summed E-state index contributed by atoms with van der Waals surface area (Å²) in [7, 11) is 1.67. The Labute approximate surface area is 166 Å². The van der Waals surface area contributed by atoms with Gasteiger partial charge in [-0.1, -0.05) is 0 Å². The zero-order valence-corrected chi connectivity index (χ0v) is 18.5. The number of aromatic nitrogens is 4. The molecule has 3 rings (SSSR count). The molecule has 2 heterocycles. The Morgan fingerprint density at radius 3 is 2.96 bits per heavy atom. The van der Waals surface area contributed by atoms with Crippen LogP contribution < -0.4 is 10.5 Å². The van der Waals surface area contributed by atoms with Crippen LogP contribution in [0.15, 0.2) is 34.6 Å². The van der Waals surface area contributed by atoms with Crippen molar-refractivity contribution in [2.24, 2.45) is 0 Å². The number of imidazole rings is 1. The van der Waals surface area contributed by atoms with Gasteiger partial charge < -0.3 is 0 Å². The zero-order chi connectivity index (χ0) is 17.1. The van der Waals surface area contributed by atoms with Gasteiger partial charge in [-0.3, -0.25) is 0 Å². The first-order valence-electron chi connectivity index (χ1n) is 7.32. The molecule has 0 aliphatic carbocycles. The van der Waals surface area contributed by atoms with Gasteiger partial charge in [-0.05, 0) is 0 Å². The van der Waals surface area contributed by atoms with E-state index in [2.05, 4.69) is 37.1 Å². The average Bonchev–Trinajstić information content (AvgIpc) is 2.94. The van der Waals surface area contributed by atoms with E-state index in [-0.39, 0.29) is 0 Å². The number of ether oxygens (including phenoxy) is 1. The third-order valence-corrected chi connectivity index (χ3v) is 6.67. The second-order valence-corrected chi connectivity index (χ2v) is 8.40. The summed E-state index contributed by atoms with van der Waals surface area (Å²) in [5.41, 5.74) is 7.44. The van der Waals surface area contributed by atoms with Gasteiger partial charge in [0.15, 0.2) is 0 Å². The van der Waals surface area contributed by atoms with Crippen LogP contribution in [-0.4, -0.2) is 43.5 Å². The molecule has 6 nitrogen and oxygen atoms in total. The monoisotopic (exact) mass is 517 g/mol. The van der Waals surface area contributed by atoms with E-state index in [4.69, 9.17) is 15.5 Å². The molecule has 24 heavy (non-hydrogen) atoms. The summed E-state index contributed by atoms with van der Waals surface area (Å²) in [5.74, 6) is 1.25. The van der Waals surface area contributed by atoms with Crippen molar-refractivity contribution >= 4 is 68.2 Å². The van der Waals surface area contributed by atoms with Gasteiger partial charge in [-0.15, -0.1) is 0 Å². The van der Waals surface area contributed by atoms with E-state index in [0.717, 1.165) is 43.2 Å². The van der Waals surface area contributed by atoms with Gasteiger partial charge in [0.1, 0.15) is 0 Å². The van der Waals surface area contributed by atoms with Crippen LogP contribution in [0.3, 0.4) is 0 Å². The molecule has 0 saturated heterocycles. The number of halogens is 1. The SMILES string of the molecule is COc1ccc(I)c(Sc2nc3c(N)ncnc3n2CCC[AsH2])c1. The summed E-state index contributed by atoms with van der Waals surface area (Å²) in [5, 5.41) is 2.04. The molecule has 0 aliphatic rings. The Balaban J connectivity index is 2.06. The van der Waals surface area contributed by atoms with Crippen molar-refractivity contribution < 1.29 is 4.74 Å². The molecule has 1 atom stereocenters. The minimum absolute atomic E-state index is 0.418. The fourth-order valence-corrected chi connectivity index (χ4v) is 4.26. The van der Waals surface area contributed by atoms with Gasteiger partial charge in [0, 0.05) is 0 Å². The Bertz CT molecular complexity index is 872. The zero-order valence-electron chi connectivity index (χ0n) is 13.1. The molecular formula is C15H17AsIN5OS. The Hall–Kier alpha value is -0.992. The van der Waals surface area contributed by atoms with Gasteiger partial charge in [0.2, 0.25) is 0 Å². The summed E-state index contributed by atoms with van der Waals surface area (Å²) < 4.78 is 8.62. The number of nitrogens with two attached hydrogens (primary N) is 1. The maximum atomic E-state index is 5.98. The van der Waals surface area contributed by atoms with Crippen molar-refractivity contribution in [3.05, 3.63) is 28.1 Å². The summed E-state index contributed by atoms with van der Waals surface area (Å²) in [4.78, 5) is 14.2. The Morgan fingerprint density at radius 2 is 2.21 bits per heavy atom. The molecule has 0 saturated carbocycles. The van der Waals surface area contributed by atoms with Crippen LogP contribution in [-0.2, 0) is 6.54 Å². The molecule has 3 aromatic rings. The van der Waals surface area contributed by atoms with Gasteiger partial charge in [0.25, 0.3) is 0 Å². The quantitative estimate of drug-likeness (QED) is 0.401. The van der Waals surface area contributed by atoms with Crippen molar-refractivity contribution in [3.8, 4) is 5.75 Å². The molecule has 2 N–H and O–H groups in total. The molecule has 0 amide bonds. The summed E-state index contributed by atoms with van der Waals surface area (Å²) in [6.45, 7) is 0.869. The molecule has 0 radical (unpaired) electrons. The van der Waals surface area contributed by atoms with Crippen LogP contribution in [0, 0.1) is 3.57 Å². The van der Waals surface area contributed by atoms with Gasteiger partial charge in [-0.2, -0.15) is 0 Å². The maximum absolute atomic E-state index is 5.98. The molecule has 126 valence electrons. The first kappa shape index (κ1) is 17.8. The Kier molecular flexibility index (Phi) is 5.88. The van der Waals surface area contributed by atoms with E-state index in [1.165, 1.54) is 6.33 Å². The fraction of sp³-hybridized carbons (Fsp3) is 0.267. The van der Waals surface area contributed by atoms with E-state index in [1.54, 1.807) is 35.7 Å². The third kappa shape index (κ3) is 3.65. The second kappa shape index (κ2) is 7.93. The van der Waals surface area contributed by atoms with E-state index >= 15 is 0 Å². The summed E-state index contributed by atoms with van der Waals surface area (Å²) >= 11 is 5.65.